The van der Waals surface area contributed by atoms with Gasteiger partial charge in [-0.25, -0.2) is 0 Å². The van der Waals surface area contributed by atoms with Crippen LogP contribution in [0.3, 0.4) is 0 Å². The molecule has 0 spiro atoms. The zero-order valence-electron chi connectivity index (χ0n) is 11.4. The molecule has 0 fully saturated rings. The van der Waals surface area contributed by atoms with Crippen molar-refractivity contribution in [1.82, 2.24) is 5.32 Å². The molecule has 1 N–H and O–H groups in total. The van der Waals surface area contributed by atoms with Gasteiger partial charge in [0.15, 0.2) is 0 Å². The quantitative estimate of drug-likeness (QED) is 0.765. The van der Waals surface area contributed by atoms with Crippen LogP contribution in [0.15, 0.2) is 59.2 Å². The third-order valence-electron chi connectivity index (χ3n) is 3.29. The van der Waals surface area contributed by atoms with E-state index in [2.05, 4.69) is 29.6 Å². The Hall–Kier alpha value is -2.26. The number of rotatable bonds is 5. The standard InChI is InChI=1S/C17H17NO2/c1-18-11-17-15(8-9-19-17)12-20-16-7-6-13-4-2-3-5-14(13)10-16/h2-10,18H,11-12H2,1H3. The van der Waals surface area contributed by atoms with Gasteiger partial charge >= 0.3 is 0 Å². The average Bonchev–Trinajstić information content (AvgIpc) is 2.93. The second kappa shape index (κ2) is 5.80. The van der Waals surface area contributed by atoms with Crippen molar-refractivity contribution in [2.75, 3.05) is 7.05 Å². The van der Waals surface area contributed by atoms with E-state index in [4.69, 9.17) is 9.15 Å². The molecule has 0 radical (unpaired) electrons. The predicted octanol–water partition coefficient (Wildman–Crippen LogP) is 3.73. The van der Waals surface area contributed by atoms with Crippen molar-refractivity contribution in [2.45, 2.75) is 13.2 Å². The summed E-state index contributed by atoms with van der Waals surface area (Å²) in [5, 5.41) is 5.49. The Morgan fingerprint density at radius 1 is 1.05 bits per heavy atom. The van der Waals surface area contributed by atoms with Gasteiger partial charge in [0.05, 0.1) is 12.8 Å². The van der Waals surface area contributed by atoms with Gasteiger partial charge in [-0.1, -0.05) is 30.3 Å². The smallest absolute Gasteiger partial charge is 0.124 e. The number of hydrogen-bond acceptors (Lipinski definition) is 3. The summed E-state index contributed by atoms with van der Waals surface area (Å²) in [5.74, 6) is 1.80. The molecular formula is C17H17NO2. The lowest BCUT2D eigenvalue weighted by Gasteiger charge is -2.07. The average molecular weight is 267 g/mol. The van der Waals surface area contributed by atoms with Crippen LogP contribution in [0.1, 0.15) is 11.3 Å². The molecule has 0 amide bonds. The molecule has 1 aromatic heterocycles. The van der Waals surface area contributed by atoms with Crippen LogP contribution in [0.5, 0.6) is 5.75 Å². The third kappa shape index (κ3) is 2.68. The maximum Gasteiger partial charge on any atom is 0.124 e. The molecule has 2 aromatic carbocycles. The molecule has 0 aliphatic rings. The Balaban J connectivity index is 1.74. The second-order valence-corrected chi connectivity index (χ2v) is 4.70. The van der Waals surface area contributed by atoms with Crippen molar-refractivity contribution in [3.8, 4) is 5.75 Å². The zero-order valence-corrected chi connectivity index (χ0v) is 11.4. The number of hydrogen-bond donors (Lipinski definition) is 1. The van der Waals surface area contributed by atoms with Crippen molar-refractivity contribution in [3.05, 3.63) is 66.1 Å². The molecule has 3 rings (SSSR count). The topological polar surface area (TPSA) is 34.4 Å². The van der Waals surface area contributed by atoms with Crippen LogP contribution in [-0.2, 0) is 13.2 Å². The van der Waals surface area contributed by atoms with Crippen LogP contribution < -0.4 is 10.1 Å². The highest BCUT2D eigenvalue weighted by molar-refractivity contribution is 5.83. The van der Waals surface area contributed by atoms with E-state index in [0.717, 1.165) is 17.1 Å². The molecule has 0 bridgehead atoms. The number of furan rings is 1. The van der Waals surface area contributed by atoms with Crippen molar-refractivity contribution in [3.63, 3.8) is 0 Å². The molecule has 0 saturated heterocycles. The van der Waals surface area contributed by atoms with Crippen LogP contribution in [0.25, 0.3) is 10.8 Å². The van der Waals surface area contributed by atoms with E-state index in [-0.39, 0.29) is 0 Å². The highest BCUT2D eigenvalue weighted by atomic mass is 16.5. The monoisotopic (exact) mass is 267 g/mol. The molecule has 0 saturated carbocycles. The molecule has 3 heteroatoms. The van der Waals surface area contributed by atoms with Gasteiger partial charge in [0.1, 0.15) is 18.1 Å². The van der Waals surface area contributed by atoms with Crippen LogP contribution in [-0.4, -0.2) is 7.05 Å². The van der Waals surface area contributed by atoms with E-state index in [1.54, 1.807) is 6.26 Å². The van der Waals surface area contributed by atoms with Crippen molar-refractivity contribution < 1.29 is 9.15 Å². The van der Waals surface area contributed by atoms with Crippen LogP contribution in [0, 0.1) is 0 Å². The summed E-state index contributed by atoms with van der Waals surface area (Å²) in [6.45, 7) is 1.23. The van der Waals surface area contributed by atoms with Gasteiger partial charge in [0.2, 0.25) is 0 Å². The number of nitrogens with one attached hydrogen (secondary N) is 1. The molecule has 102 valence electrons. The summed E-state index contributed by atoms with van der Waals surface area (Å²) in [7, 11) is 1.90. The summed E-state index contributed by atoms with van der Waals surface area (Å²) in [6, 6.07) is 16.4. The Labute approximate surface area is 118 Å². The first-order valence-corrected chi connectivity index (χ1v) is 6.68. The van der Waals surface area contributed by atoms with Gasteiger partial charge in [-0.2, -0.15) is 0 Å². The minimum absolute atomic E-state index is 0.520. The first kappa shape index (κ1) is 12.8. The van der Waals surface area contributed by atoms with Crippen molar-refractivity contribution in [1.29, 1.82) is 0 Å². The van der Waals surface area contributed by atoms with Crippen LogP contribution >= 0.6 is 0 Å². The Bertz CT molecular complexity index is 703. The van der Waals surface area contributed by atoms with Gasteiger partial charge < -0.3 is 14.5 Å². The van der Waals surface area contributed by atoms with E-state index >= 15 is 0 Å². The second-order valence-electron chi connectivity index (χ2n) is 4.70. The first-order chi connectivity index (χ1) is 9.86. The highest BCUT2D eigenvalue weighted by Gasteiger charge is 2.06. The van der Waals surface area contributed by atoms with Gasteiger partial charge in [-0.15, -0.1) is 0 Å². The van der Waals surface area contributed by atoms with Gasteiger partial charge in [-0.05, 0) is 36.0 Å². The zero-order chi connectivity index (χ0) is 13.8. The minimum Gasteiger partial charge on any atom is -0.489 e. The van der Waals surface area contributed by atoms with E-state index in [1.807, 2.05) is 31.3 Å². The summed E-state index contributed by atoms with van der Waals surface area (Å²) < 4.78 is 11.3. The van der Waals surface area contributed by atoms with Gasteiger partial charge in [0.25, 0.3) is 0 Å². The molecule has 0 atom stereocenters. The van der Waals surface area contributed by atoms with E-state index in [0.29, 0.717) is 13.2 Å². The SMILES string of the molecule is CNCc1occc1COc1ccc2ccccc2c1. The lowest BCUT2D eigenvalue weighted by Crippen LogP contribution is -2.07. The van der Waals surface area contributed by atoms with Gasteiger partial charge in [0, 0.05) is 5.56 Å². The van der Waals surface area contributed by atoms with E-state index in [9.17, 15) is 0 Å². The third-order valence-corrected chi connectivity index (χ3v) is 3.29. The normalized spacial score (nSPS) is 10.8. The molecule has 1 heterocycles. The fourth-order valence-corrected chi connectivity index (χ4v) is 2.23. The fourth-order valence-electron chi connectivity index (χ4n) is 2.23. The number of ether oxygens (including phenoxy) is 1. The Morgan fingerprint density at radius 3 is 2.75 bits per heavy atom. The molecule has 3 aromatic rings. The molecule has 0 aliphatic heterocycles. The largest absolute Gasteiger partial charge is 0.489 e. The molecule has 3 nitrogen and oxygen atoms in total. The maximum atomic E-state index is 5.86. The van der Waals surface area contributed by atoms with Crippen LogP contribution in [0.2, 0.25) is 0 Å². The maximum absolute atomic E-state index is 5.86. The lowest BCUT2D eigenvalue weighted by molar-refractivity contribution is 0.302. The van der Waals surface area contributed by atoms with Crippen LogP contribution in [0.4, 0.5) is 0 Å². The summed E-state index contributed by atoms with van der Waals surface area (Å²) in [5.41, 5.74) is 1.08. The molecular weight excluding hydrogens is 250 g/mol. The lowest BCUT2D eigenvalue weighted by atomic mass is 10.1. The fraction of sp³-hybridized carbons (Fsp3) is 0.176. The van der Waals surface area contributed by atoms with Crippen molar-refractivity contribution in [2.24, 2.45) is 0 Å². The van der Waals surface area contributed by atoms with Crippen molar-refractivity contribution >= 4 is 10.8 Å². The Kier molecular flexibility index (Phi) is 3.70. The predicted molar refractivity (Wildman–Crippen MR) is 79.8 cm³/mol. The summed E-state index contributed by atoms with van der Waals surface area (Å²) in [6.07, 6.45) is 1.70. The number of fused-ring (bicyclic) bond motifs is 1. The van der Waals surface area contributed by atoms with E-state index in [1.165, 1.54) is 10.8 Å². The van der Waals surface area contributed by atoms with E-state index < -0.39 is 0 Å². The highest BCUT2D eigenvalue weighted by Crippen LogP contribution is 2.22. The molecule has 0 aliphatic carbocycles. The first-order valence-electron chi connectivity index (χ1n) is 6.68. The Morgan fingerprint density at radius 2 is 1.90 bits per heavy atom. The van der Waals surface area contributed by atoms with Gasteiger partial charge in [-0.3, -0.25) is 0 Å². The summed E-state index contributed by atoms with van der Waals surface area (Å²) in [4.78, 5) is 0. The number of benzene rings is 2. The molecule has 0 unspecified atom stereocenters. The molecule has 20 heavy (non-hydrogen) atoms. The summed E-state index contributed by atoms with van der Waals surface area (Å²) >= 11 is 0. The minimum atomic E-state index is 0.520.